The molecule has 1 aliphatic heterocycles. The van der Waals surface area contributed by atoms with Crippen LogP contribution in [0.1, 0.15) is 25.7 Å². The molecule has 2 fully saturated rings. The quantitative estimate of drug-likeness (QED) is 0.744. The molecule has 2 aliphatic rings. The van der Waals surface area contributed by atoms with Crippen molar-refractivity contribution in [1.29, 1.82) is 0 Å². The molecule has 3 rings (SSSR count). The number of carbonyl (C=O) groups excluding carboxylic acids is 2. The van der Waals surface area contributed by atoms with E-state index in [-0.39, 0.29) is 55.0 Å². The molecule has 28 heavy (non-hydrogen) atoms. The number of carbonyl (C=O) groups is 2. The molecule has 0 radical (unpaired) electrons. The molecule has 2 atom stereocenters. The van der Waals surface area contributed by atoms with Crippen molar-refractivity contribution in [3.63, 3.8) is 0 Å². The number of nitrogens with zero attached hydrogens (tertiary/aromatic N) is 2. The average molecular weight is 435 g/mol. The van der Waals surface area contributed by atoms with Crippen LogP contribution in [0.3, 0.4) is 0 Å². The Labute approximate surface area is 177 Å². The summed E-state index contributed by atoms with van der Waals surface area (Å²) in [5.41, 5.74) is 6.64. The largest absolute Gasteiger partial charge is 0.340 e. The minimum absolute atomic E-state index is 0. The number of piperazine rings is 1. The number of hydrogen-bond acceptors (Lipinski definition) is 4. The first-order valence-electron chi connectivity index (χ1n) is 9.32. The van der Waals surface area contributed by atoms with Gasteiger partial charge in [0, 0.05) is 44.3 Å². The van der Waals surface area contributed by atoms with E-state index >= 15 is 0 Å². The SMILES string of the molecule is Cl.Cl.N[C@@H]1CCC[C@H]1CC(=O)N1CCN(CC(=O)Nc2ccc(F)cc2)CC1. The van der Waals surface area contributed by atoms with E-state index in [1.54, 1.807) is 0 Å². The Morgan fingerprint density at radius 3 is 2.29 bits per heavy atom. The van der Waals surface area contributed by atoms with Gasteiger partial charge < -0.3 is 16.0 Å². The molecule has 2 amide bonds. The fraction of sp³-hybridized carbons (Fsp3) is 0.579. The van der Waals surface area contributed by atoms with E-state index in [1.165, 1.54) is 24.3 Å². The lowest BCUT2D eigenvalue weighted by Crippen LogP contribution is -2.51. The van der Waals surface area contributed by atoms with Crippen LogP contribution in [0.25, 0.3) is 0 Å². The number of benzene rings is 1. The molecular formula is C19H29Cl2FN4O2. The highest BCUT2D eigenvalue weighted by Gasteiger charge is 2.29. The summed E-state index contributed by atoms with van der Waals surface area (Å²) in [5, 5.41) is 2.76. The lowest BCUT2D eigenvalue weighted by molar-refractivity contribution is -0.134. The maximum absolute atomic E-state index is 12.9. The van der Waals surface area contributed by atoms with Crippen LogP contribution in [0.5, 0.6) is 0 Å². The first kappa shape index (κ1) is 24.6. The van der Waals surface area contributed by atoms with Crippen molar-refractivity contribution < 1.29 is 14.0 Å². The minimum atomic E-state index is -0.331. The second-order valence-corrected chi connectivity index (χ2v) is 7.27. The minimum Gasteiger partial charge on any atom is -0.340 e. The summed E-state index contributed by atoms with van der Waals surface area (Å²) in [6.07, 6.45) is 3.74. The van der Waals surface area contributed by atoms with Crippen molar-refractivity contribution in [2.45, 2.75) is 31.7 Å². The molecule has 1 aliphatic carbocycles. The monoisotopic (exact) mass is 434 g/mol. The Hall–Kier alpha value is -1.41. The zero-order valence-electron chi connectivity index (χ0n) is 15.8. The number of nitrogens with one attached hydrogen (secondary N) is 1. The fourth-order valence-electron chi connectivity index (χ4n) is 3.76. The maximum atomic E-state index is 12.9. The normalized spacial score (nSPS) is 22.1. The van der Waals surface area contributed by atoms with Crippen molar-refractivity contribution >= 4 is 42.3 Å². The molecule has 3 N–H and O–H groups in total. The van der Waals surface area contributed by atoms with Gasteiger partial charge in [0.15, 0.2) is 0 Å². The number of rotatable bonds is 5. The Kier molecular flexibility index (Phi) is 10.2. The highest BCUT2D eigenvalue weighted by Crippen LogP contribution is 2.27. The zero-order chi connectivity index (χ0) is 18.5. The van der Waals surface area contributed by atoms with Crippen LogP contribution in [0.15, 0.2) is 24.3 Å². The number of hydrogen-bond donors (Lipinski definition) is 2. The van der Waals surface area contributed by atoms with Gasteiger partial charge in [0.1, 0.15) is 5.82 Å². The van der Waals surface area contributed by atoms with E-state index in [0.29, 0.717) is 44.2 Å². The van der Waals surface area contributed by atoms with E-state index < -0.39 is 0 Å². The Morgan fingerprint density at radius 2 is 1.71 bits per heavy atom. The van der Waals surface area contributed by atoms with Gasteiger partial charge in [0.25, 0.3) is 0 Å². The number of amides is 2. The van der Waals surface area contributed by atoms with Gasteiger partial charge in [0.05, 0.1) is 6.54 Å². The van der Waals surface area contributed by atoms with E-state index in [0.717, 1.165) is 19.3 Å². The second-order valence-electron chi connectivity index (χ2n) is 7.27. The van der Waals surface area contributed by atoms with Gasteiger partial charge >= 0.3 is 0 Å². The third-order valence-corrected chi connectivity index (χ3v) is 5.37. The van der Waals surface area contributed by atoms with Crippen molar-refractivity contribution in [2.24, 2.45) is 11.7 Å². The molecule has 0 spiro atoms. The molecule has 1 heterocycles. The van der Waals surface area contributed by atoms with Crippen LogP contribution in [0.4, 0.5) is 10.1 Å². The van der Waals surface area contributed by atoms with Gasteiger partial charge in [-0.3, -0.25) is 14.5 Å². The summed E-state index contributed by atoms with van der Waals surface area (Å²) in [5.74, 6) is 0.0421. The molecule has 0 bridgehead atoms. The van der Waals surface area contributed by atoms with Crippen LogP contribution in [0, 0.1) is 11.7 Å². The van der Waals surface area contributed by atoms with E-state index in [1.807, 2.05) is 9.80 Å². The Balaban J connectivity index is 0.00000196. The summed E-state index contributed by atoms with van der Waals surface area (Å²) in [6.45, 7) is 2.92. The van der Waals surface area contributed by atoms with Crippen LogP contribution in [0.2, 0.25) is 0 Å². The van der Waals surface area contributed by atoms with Crippen LogP contribution in [-0.2, 0) is 9.59 Å². The predicted molar refractivity (Wildman–Crippen MR) is 112 cm³/mol. The van der Waals surface area contributed by atoms with Crippen LogP contribution >= 0.6 is 24.8 Å². The summed E-state index contributed by atoms with van der Waals surface area (Å²) in [6, 6.07) is 5.87. The number of anilines is 1. The van der Waals surface area contributed by atoms with Crippen molar-refractivity contribution in [2.75, 3.05) is 38.0 Å². The van der Waals surface area contributed by atoms with E-state index in [9.17, 15) is 14.0 Å². The van der Waals surface area contributed by atoms with Gasteiger partial charge in [-0.15, -0.1) is 24.8 Å². The molecule has 0 unspecified atom stereocenters. The van der Waals surface area contributed by atoms with E-state index in [2.05, 4.69) is 5.32 Å². The topological polar surface area (TPSA) is 78.7 Å². The molecule has 158 valence electrons. The summed E-state index contributed by atoms with van der Waals surface area (Å²) < 4.78 is 12.9. The van der Waals surface area contributed by atoms with Gasteiger partial charge in [-0.1, -0.05) is 6.42 Å². The third-order valence-electron chi connectivity index (χ3n) is 5.37. The Bertz CT molecular complexity index is 639. The summed E-state index contributed by atoms with van der Waals surface area (Å²) >= 11 is 0. The molecule has 1 saturated heterocycles. The van der Waals surface area contributed by atoms with Gasteiger partial charge in [-0.25, -0.2) is 4.39 Å². The maximum Gasteiger partial charge on any atom is 0.238 e. The predicted octanol–water partition coefficient (Wildman–Crippen LogP) is 2.27. The smallest absolute Gasteiger partial charge is 0.238 e. The number of nitrogens with two attached hydrogens (primary N) is 1. The zero-order valence-corrected chi connectivity index (χ0v) is 17.4. The lowest BCUT2D eigenvalue weighted by atomic mass is 9.99. The first-order chi connectivity index (χ1) is 12.5. The second kappa shape index (κ2) is 11.6. The molecule has 1 saturated carbocycles. The van der Waals surface area contributed by atoms with Crippen molar-refractivity contribution in [3.05, 3.63) is 30.1 Å². The fourth-order valence-corrected chi connectivity index (χ4v) is 3.76. The first-order valence-corrected chi connectivity index (χ1v) is 9.32. The molecule has 9 heteroatoms. The van der Waals surface area contributed by atoms with Crippen molar-refractivity contribution in [3.8, 4) is 0 Å². The number of halogens is 3. The van der Waals surface area contributed by atoms with Gasteiger partial charge in [-0.05, 0) is 43.0 Å². The molecule has 0 aromatic heterocycles. The molecule has 6 nitrogen and oxygen atoms in total. The van der Waals surface area contributed by atoms with E-state index in [4.69, 9.17) is 5.73 Å². The lowest BCUT2D eigenvalue weighted by Gasteiger charge is -2.35. The highest BCUT2D eigenvalue weighted by atomic mass is 35.5. The summed E-state index contributed by atoms with van der Waals surface area (Å²) in [4.78, 5) is 28.5. The molecule has 1 aromatic rings. The van der Waals surface area contributed by atoms with Gasteiger partial charge in [-0.2, -0.15) is 0 Å². The average Bonchev–Trinajstić information content (AvgIpc) is 3.02. The highest BCUT2D eigenvalue weighted by molar-refractivity contribution is 5.92. The molecular weight excluding hydrogens is 406 g/mol. The summed E-state index contributed by atoms with van der Waals surface area (Å²) in [7, 11) is 0. The van der Waals surface area contributed by atoms with Crippen molar-refractivity contribution in [1.82, 2.24) is 9.80 Å². The Morgan fingerprint density at radius 1 is 1.07 bits per heavy atom. The van der Waals surface area contributed by atoms with Crippen LogP contribution < -0.4 is 11.1 Å². The third kappa shape index (κ3) is 6.88. The standard InChI is InChI=1S/C19H27FN4O2.2ClH/c20-15-4-6-16(7-5-15)22-18(25)13-23-8-10-24(11-9-23)19(26)12-14-2-1-3-17(14)21;;/h4-7,14,17H,1-3,8-13,21H2,(H,22,25);2*1H/t14-,17+;;/m0../s1. The van der Waals surface area contributed by atoms with Crippen LogP contribution in [-0.4, -0.2) is 60.4 Å². The molecule has 1 aromatic carbocycles. The van der Waals surface area contributed by atoms with Gasteiger partial charge in [0.2, 0.25) is 11.8 Å².